The second-order valence-electron chi connectivity index (χ2n) is 3.26. The summed E-state index contributed by atoms with van der Waals surface area (Å²) in [5.41, 5.74) is -3.28. The number of aromatic carboxylic acids is 4. The molecule has 1 aromatic carbocycles. The van der Waals surface area contributed by atoms with Crippen LogP contribution in [0.4, 0.5) is 0 Å². The van der Waals surface area contributed by atoms with Crippen LogP contribution in [0.5, 0.6) is 0 Å². The summed E-state index contributed by atoms with van der Waals surface area (Å²) in [6, 6.07) is 0.502. The molecule has 100 valence electrons. The Kier molecular flexibility index (Phi) is 3.90. The largest absolute Gasteiger partial charge is 0.478 e. The molecule has 9 heteroatoms. The molecular formula is C10H5BrO8. The molecule has 1 aromatic rings. The Morgan fingerprint density at radius 1 is 0.737 bits per heavy atom. The molecule has 0 spiro atoms. The van der Waals surface area contributed by atoms with Gasteiger partial charge in [0.2, 0.25) is 0 Å². The summed E-state index contributed by atoms with van der Waals surface area (Å²) in [5.74, 6) is -6.75. The van der Waals surface area contributed by atoms with Gasteiger partial charge in [0.15, 0.2) is 0 Å². The van der Waals surface area contributed by atoms with Crippen molar-refractivity contribution in [2.75, 3.05) is 0 Å². The summed E-state index contributed by atoms with van der Waals surface area (Å²) in [7, 11) is 0. The highest BCUT2D eigenvalue weighted by Crippen LogP contribution is 2.29. The third-order valence-electron chi connectivity index (χ3n) is 2.15. The lowest BCUT2D eigenvalue weighted by atomic mass is 9.98. The Morgan fingerprint density at radius 3 is 1.26 bits per heavy atom. The molecule has 0 aliphatic heterocycles. The molecule has 0 bridgehead atoms. The van der Waals surface area contributed by atoms with E-state index in [1.807, 2.05) is 0 Å². The van der Waals surface area contributed by atoms with E-state index in [2.05, 4.69) is 15.9 Å². The van der Waals surface area contributed by atoms with Gasteiger partial charge in [0, 0.05) is 4.47 Å². The fourth-order valence-electron chi connectivity index (χ4n) is 1.41. The maximum absolute atomic E-state index is 11.0. The van der Waals surface area contributed by atoms with Gasteiger partial charge in [-0.1, -0.05) is 0 Å². The summed E-state index contributed by atoms with van der Waals surface area (Å²) in [5, 5.41) is 35.5. The molecule has 0 aromatic heterocycles. The number of hydrogen-bond acceptors (Lipinski definition) is 4. The van der Waals surface area contributed by atoms with E-state index in [-0.39, 0.29) is 0 Å². The molecule has 19 heavy (non-hydrogen) atoms. The lowest BCUT2D eigenvalue weighted by Gasteiger charge is -2.10. The van der Waals surface area contributed by atoms with E-state index >= 15 is 0 Å². The second kappa shape index (κ2) is 5.06. The van der Waals surface area contributed by atoms with Crippen LogP contribution in [0.15, 0.2) is 10.5 Å². The van der Waals surface area contributed by atoms with E-state index in [1.165, 1.54) is 0 Å². The average Bonchev–Trinajstić information content (AvgIpc) is 2.25. The SMILES string of the molecule is O=C(O)c1cc(C(=O)O)c(C(=O)O)c(Br)c1C(=O)O. The van der Waals surface area contributed by atoms with Gasteiger partial charge in [0.25, 0.3) is 0 Å². The number of halogens is 1. The summed E-state index contributed by atoms with van der Waals surface area (Å²) < 4.78 is -0.607. The van der Waals surface area contributed by atoms with Crippen molar-refractivity contribution in [3.05, 3.63) is 32.8 Å². The van der Waals surface area contributed by atoms with Crippen LogP contribution in [0.1, 0.15) is 41.4 Å². The van der Waals surface area contributed by atoms with E-state index in [4.69, 9.17) is 20.4 Å². The molecule has 4 N–H and O–H groups in total. The highest BCUT2D eigenvalue weighted by molar-refractivity contribution is 9.10. The molecule has 0 fully saturated rings. The first-order valence-corrected chi connectivity index (χ1v) is 5.27. The quantitative estimate of drug-likeness (QED) is 0.643. The van der Waals surface area contributed by atoms with Gasteiger partial charge in [-0.15, -0.1) is 0 Å². The first-order valence-electron chi connectivity index (χ1n) is 4.48. The van der Waals surface area contributed by atoms with E-state index < -0.39 is 50.6 Å². The molecule has 0 aliphatic rings. The predicted molar refractivity (Wildman–Crippen MR) is 62.0 cm³/mol. The van der Waals surface area contributed by atoms with Gasteiger partial charge < -0.3 is 20.4 Å². The molecule has 0 atom stereocenters. The average molecular weight is 333 g/mol. The molecule has 0 saturated carbocycles. The van der Waals surface area contributed by atoms with E-state index in [0.717, 1.165) is 0 Å². The van der Waals surface area contributed by atoms with Crippen molar-refractivity contribution in [2.45, 2.75) is 0 Å². The number of carboxylic acid groups (broad SMARTS) is 4. The highest BCUT2D eigenvalue weighted by atomic mass is 79.9. The third kappa shape index (κ3) is 2.55. The zero-order chi connectivity index (χ0) is 14.9. The number of benzene rings is 1. The van der Waals surface area contributed by atoms with Crippen LogP contribution in [0.25, 0.3) is 0 Å². The van der Waals surface area contributed by atoms with Gasteiger partial charge in [-0.05, 0) is 22.0 Å². The van der Waals surface area contributed by atoms with Crippen LogP contribution in [0, 0.1) is 0 Å². The van der Waals surface area contributed by atoms with Gasteiger partial charge in [-0.3, -0.25) is 0 Å². The Hall–Kier alpha value is -2.42. The molecule has 0 radical (unpaired) electrons. The van der Waals surface area contributed by atoms with E-state index in [9.17, 15) is 19.2 Å². The molecule has 8 nitrogen and oxygen atoms in total. The third-order valence-corrected chi connectivity index (χ3v) is 2.95. The van der Waals surface area contributed by atoms with E-state index in [0.29, 0.717) is 6.07 Å². The minimum atomic E-state index is -1.69. The van der Waals surface area contributed by atoms with Crippen molar-refractivity contribution in [3.8, 4) is 0 Å². The Labute approximate surface area is 113 Å². The molecule has 0 heterocycles. The van der Waals surface area contributed by atoms with Crippen LogP contribution in [-0.4, -0.2) is 44.3 Å². The van der Waals surface area contributed by atoms with Crippen molar-refractivity contribution in [1.29, 1.82) is 0 Å². The van der Waals surface area contributed by atoms with Crippen LogP contribution < -0.4 is 0 Å². The fraction of sp³-hybridized carbons (Fsp3) is 0. The van der Waals surface area contributed by atoms with Gasteiger partial charge in [-0.2, -0.15) is 0 Å². The molecule has 1 rings (SSSR count). The van der Waals surface area contributed by atoms with Gasteiger partial charge in [0.05, 0.1) is 22.3 Å². The van der Waals surface area contributed by atoms with Crippen LogP contribution >= 0.6 is 15.9 Å². The fourth-order valence-corrected chi connectivity index (χ4v) is 2.17. The topological polar surface area (TPSA) is 149 Å². The lowest BCUT2D eigenvalue weighted by molar-refractivity contribution is 0.0635. The maximum Gasteiger partial charge on any atom is 0.337 e. The molecular weight excluding hydrogens is 328 g/mol. The lowest BCUT2D eigenvalue weighted by Crippen LogP contribution is -2.17. The standard InChI is InChI=1S/C10H5BrO8/c11-6-4(9(16)17)2(7(12)13)1-3(8(14)15)5(6)10(18)19/h1H,(H,12,13)(H,14,15)(H,16,17)(H,18,19). The number of carbonyl (C=O) groups is 4. The first kappa shape index (κ1) is 14.6. The monoisotopic (exact) mass is 332 g/mol. The summed E-state index contributed by atoms with van der Waals surface area (Å²) in [6.45, 7) is 0. The van der Waals surface area contributed by atoms with Crippen molar-refractivity contribution in [1.82, 2.24) is 0 Å². The molecule has 0 saturated heterocycles. The normalized spacial score (nSPS) is 9.95. The van der Waals surface area contributed by atoms with Crippen LogP contribution in [0.3, 0.4) is 0 Å². The summed E-state index contributed by atoms with van der Waals surface area (Å²) in [6.07, 6.45) is 0. The first-order chi connectivity index (χ1) is 8.68. The maximum atomic E-state index is 11.0. The zero-order valence-corrected chi connectivity index (χ0v) is 10.5. The smallest absolute Gasteiger partial charge is 0.337 e. The minimum absolute atomic E-state index is 0.502. The van der Waals surface area contributed by atoms with Crippen molar-refractivity contribution in [3.63, 3.8) is 0 Å². The number of rotatable bonds is 4. The highest BCUT2D eigenvalue weighted by Gasteiger charge is 2.29. The van der Waals surface area contributed by atoms with Gasteiger partial charge in [-0.25, -0.2) is 19.2 Å². The molecule has 0 unspecified atom stereocenters. The van der Waals surface area contributed by atoms with E-state index in [1.54, 1.807) is 0 Å². The minimum Gasteiger partial charge on any atom is -0.478 e. The van der Waals surface area contributed by atoms with Gasteiger partial charge in [0.1, 0.15) is 0 Å². The summed E-state index contributed by atoms with van der Waals surface area (Å²) in [4.78, 5) is 43.8. The Bertz CT molecular complexity index is 568. The van der Waals surface area contributed by atoms with Crippen LogP contribution in [-0.2, 0) is 0 Å². The van der Waals surface area contributed by atoms with Crippen molar-refractivity contribution >= 4 is 39.8 Å². The number of carboxylic acids is 4. The predicted octanol–water partition coefficient (Wildman–Crippen LogP) is 1.24. The second-order valence-corrected chi connectivity index (χ2v) is 4.05. The van der Waals surface area contributed by atoms with Crippen molar-refractivity contribution in [2.24, 2.45) is 0 Å². The van der Waals surface area contributed by atoms with Gasteiger partial charge >= 0.3 is 23.9 Å². The van der Waals surface area contributed by atoms with Crippen LogP contribution in [0.2, 0.25) is 0 Å². The molecule has 0 aliphatic carbocycles. The summed E-state index contributed by atoms with van der Waals surface area (Å²) >= 11 is 2.63. The zero-order valence-electron chi connectivity index (χ0n) is 8.88. The Morgan fingerprint density at radius 2 is 1.05 bits per heavy atom. The van der Waals surface area contributed by atoms with Crippen molar-refractivity contribution < 1.29 is 39.6 Å². The number of hydrogen-bond donors (Lipinski definition) is 4. The Balaban J connectivity index is 3.91. The molecule has 0 amide bonds.